The maximum absolute atomic E-state index is 14.1. The second kappa shape index (κ2) is 33.9. The molecule has 5 aromatic rings. The predicted octanol–water partition coefficient (Wildman–Crippen LogP) is 10.2. The fraction of sp³-hybridized carbons (Fsp3) is 0.661. The van der Waals surface area contributed by atoms with Crippen molar-refractivity contribution in [1.29, 1.82) is 10.5 Å². The number of hydrogen-bond donors (Lipinski definition) is 5. The Morgan fingerprint density at radius 1 is 0.614 bits per heavy atom. The number of anilines is 2. The van der Waals surface area contributed by atoms with Crippen LogP contribution < -0.4 is 16.0 Å². The number of aliphatic hydroxyl groups is 2. The van der Waals surface area contributed by atoms with Gasteiger partial charge in [-0.1, -0.05) is 140 Å². The van der Waals surface area contributed by atoms with E-state index in [2.05, 4.69) is 40.1 Å². The third kappa shape index (κ3) is 18.6. The number of para-hydroxylation sites is 1. The number of ether oxygens (including phenoxy) is 6. The monoisotopic (exact) mass is 1290 g/mol. The summed E-state index contributed by atoms with van der Waals surface area (Å²) in [6, 6.07) is 17.1. The standard InChI is InChI=1S/C34H47ClN5O8P.C25H40N5O8P/c1-4-5-6-7-8-9-10-11-14-19-42-20-21-43-49(41,48-27-16-13-12-15-25(27)35)44-22-28-30-31(47-33(2,3)46-30)34(23-36,45-28)29-18-17-26-32(37)38-24-39-40(26)29;1-2-3-4-5-6-7-8-9-10-13-35-14-15-36-39(33,34)37-16-20-22(31)23(32)25(17-26,38-20)21-12-11-19-24(27)28-18-29-30(19)21/h12-13,15-18,24,28,30-31H,4-11,14,19-22H2,1-3H3,(H2,37,38,39);11-12,18,20,22-23,31-32H,2-10,13-16H2,1H3,(H,33,34)(H2,27,28,29)/t28-,30-,31-,34+,49?;20-,22-,23-,25+/m11/s1. The van der Waals surface area contributed by atoms with Crippen LogP contribution in [0.15, 0.2) is 61.2 Å². The summed E-state index contributed by atoms with van der Waals surface area (Å²) in [5.41, 5.74) is 9.52. The molecule has 7 heterocycles. The number of aromatic nitrogens is 6. The summed E-state index contributed by atoms with van der Waals surface area (Å²) in [5, 5.41) is 50.4. The molecule has 2 unspecified atom stereocenters. The Bertz CT molecular complexity index is 3150. The molecule has 3 aliphatic heterocycles. The lowest BCUT2D eigenvalue weighted by molar-refractivity contribution is -0.204. The summed E-state index contributed by atoms with van der Waals surface area (Å²) in [4.78, 5) is 17.9. The predicted molar refractivity (Wildman–Crippen MR) is 324 cm³/mol. The van der Waals surface area contributed by atoms with Crippen molar-refractivity contribution in [1.82, 2.24) is 29.2 Å². The molecule has 4 aromatic heterocycles. The smallest absolute Gasteiger partial charge is 0.402 e. The Kier molecular flexibility index (Phi) is 27.2. The number of nitriles is 2. The first-order valence-electron chi connectivity index (χ1n) is 30.5. The largest absolute Gasteiger partial charge is 0.530 e. The van der Waals surface area contributed by atoms with Crippen molar-refractivity contribution in [2.24, 2.45) is 0 Å². The van der Waals surface area contributed by atoms with Gasteiger partial charge in [-0.25, -0.2) is 28.1 Å². The molecule has 3 aliphatic rings. The number of aliphatic hydroxyl groups excluding tert-OH is 2. The Morgan fingerprint density at radius 3 is 1.64 bits per heavy atom. The van der Waals surface area contributed by atoms with Gasteiger partial charge in [0.25, 0.3) is 0 Å². The van der Waals surface area contributed by atoms with Gasteiger partial charge in [0.1, 0.15) is 78.2 Å². The van der Waals surface area contributed by atoms with Crippen LogP contribution in [0.2, 0.25) is 5.02 Å². The van der Waals surface area contributed by atoms with Crippen LogP contribution in [0, 0.1) is 22.7 Å². The van der Waals surface area contributed by atoms with Crippen molar-refractivity contribution in [2.45, 2.75) is 197 Å². The third-order valence-electron chi connectivity index (χ3n) is 15.3. The molecule has 29 heteroatoms. The number of phosphoric ester groups is 2. The van der Waals surface area contributed by atoms with Crippen molar-refractivity contribution in [3.8, 4) is 17.9 Å². The molecule has 0 aliphatic carbocycles. The number of rotatable bonds is 38. The Morgan fingerprint density at radius 2 is 1.10 bits per heavy atom. The first kappa shape index (κ1) is 70.5. The molecule has 26 nitrogen and oxygen atoms in total. The van der Waals surface area contributed by atoms with E-state index < -0.39 is 75.9 Å². The first-order valence-corrected chi connectivity index (χ1v) is 33.9. The van der Waals surface area contributed by atoms with Gasteiger partial charge in [-0.05, 0) is 63.1 Å². The van der Waals surface area contributed by atoms with E-state index >= 15 is 0 Å². The number of nitrogens with two attached hydrogens (primary N) is 2. The van der Waals surface area contributed by atoms with Crippen LogP contribution in [0.4, 0.5) is 11.6 Å². The SMILES string of the molecule is CCCCCCCCCCCOCCOP(=O)(O)OC[C@H]1O[C@@](C#N)(c2ccc3c(N)ncnn23)[C@H](O)[C@@H]1O.CCCCCCCCCCCOCCOP(=O)(OC[C@H]1O[C@@](C#N)(c2ccc3c(N)ncnn23)[C@@H]2OC(C)(C)O[C@@H]21)Oc1ccccc1Cl. The number of nitrogen functional groups attached to an aromatic ring is 2. The van der Waals surface area contributed by atoms with E-state index in [0.717, 1.165) is 25.7 Å². The summed E-state index contributed by atoms with van der Waals surface area (Å²) >= 11 is 6.32. The third-order valence-corrected chi connectivity index (χ3v) is 18.0. The number of unbranched alkanes of at least 4 members (excludes halogenated alkanes) is 16. The van der Waals surface area contributed by atoms with E-state index in [4.69, 9.17) is 74.1 Å². The minimum absolute atomic E-state index is 0.0528. The van der Waals surface area contributed by atoms with E-state index in [-0.39, 0.29) is 61.1 Å². The molecule has 3 fully saturated rings. The highest BCUT2D eigenvalue weighted by molar-refractivity contribution is 7.49. The fourth-order valence-corrected chi connectivity index (χ4v) is 12.9. The lowest BCUT2D eigenvalue weighted by atomic mass is 9.92. The van der Waals surface area contributed by atoms with Crippen LogP contribution >= 0.6 is 27.2 Å². The maximum atomic E-state index is 14.1. The van der Waals surface area contributed by atoms with Gasteiger partial charge in [0, 0.05) is 13.2 Å². The first-order chi connectivity index (χ1) is 42.4. The number of phosphoric acid groups is 2. The van der Waals surface area contributed by atoms with Gasteiger partial charge >= 0.3 is 15.6 Å². The molecule has 1 aromatic carbocycles. The molecular formula is C59H87ClN10O16P2. The Labute approximate surface area is 519 Å². The summed E-state index contributed by atoms with van der Waals surface area (Å²) in [6.45, 7) is 8.18. The van der Waals surface area contributed by atoms with Crippen molar-refractivity contribution in [3.05, 3.63) is 77.6 Å². The van der Waals surface area contributed by atoms with E-state index in [0.29, 0.717) is 29.9 Å². The zero-order valence-corrected chi connectivity index (χ0v) is 53.3. The van der Waals surface area contributed by atoms with Crippen LogP contribution in [-0.4, -0.2) is 140 Å². The van der Waals surface area contributed by atoms with Gasteiger partial charge in [0.15, 0.2) is 17.4 Å². The van der Waals surface area contributed by atoms with E-state index in [1.54, 1.807) is 56.3 Å². The molecule has 88 heavy (non-hydrogen) atoms. The number of nitrogens with zero attached hydrogens (tertiary/aromatic N) is 8. The van der Waals surface area contributed by atoms with Crippen LogP contribution in [0.3, 0.4) is 0 Å². The minimum Gasteiger partial charge on any atom is -0.402 e. The van der Waals surface area contributed by atoms with Gasteiger partial charge in [0.05, 0.1) is 56.1 Å². The van der Waals surface area contributed by atoms with Crippen LogP contribution in [0.25, 0.3) is 11.0 Å². The van der Waals surface area contributed by atoms with E-state index in [9.17, 15) is 34.8 Å². The van der Waals surface area contributed by atoms with Crippen LogP contribution in [0.5, 0.6) is 5.75 Å². The number of fused-ring (bicyclic) bond motifs is 3. The second-order valence-electron chi connectivity index (χ2n) is 22.4. The summed E-state index contributed by atoms with van der Waals surface area (Å²) in [7, 11) is -8.80. The lowest BCUT2D eigenvalue weighted by Crippen LogP contribution is -2.41. The average molecular weight is 1290 g/mol. The molecule has 486 valence electrons. The minimum atomic E-state index is -4.51. The number of halogens is 1. The van der Waals surface area contributed by atoms with Gasteiger partial charge in [-0.15, -0.1) is 0 Å². The topological polar surface area (TPSA) is 356 Å². The van der Waals surface area contributed by atoms with Crippen molar-refractivity contribution in [2.75, 3.05) is 64.3 Å². The van der Waals surface area contributed by atoms with Crippen LogP contribution in [0.1, 0.15) is 155 Å². The van der Waals surface area contributed by atoms with Gasteiger partial charge in [-0.2, -0.15) is 20.7 Å². The molecule has 10 atom stereocenters. The van der Waals surface area contributed by atoms with Gasteiger partial charge < -0.3 is 59.5 Å². The lowest BCUT2D eigenvalue weighted by Gasteiger charge is -2.29. The van der Waals surface area contributed by atoms with E-state index in [1.807, 2.05) is 6.07 Å². The van der Waals surface area contributed by atoms with Crippen molar-refractivity contribution in [3.63, 3.8) is 0 Å². The highest BCUT2D eigenvalue weighted by atomic mass is 35.5. The molecule has 0 amide bonds. The zero-order valence-electron chi connectivity index (χ0n) is 50.8. The van der Waals surface area contributed by atoms with Crippen LogP contribution in [-0.2, 0) is 66.8 Å². The highest BCUT2D eigenvalue weighted by Gasteiger charge is 2.66. The summed E-state index contributed by atoms with van der Waals surface area (Å²) < 4.78 is 92.2. The van der Waals surface area contributed by atoms with Gasteiger partial charge in [-0.3, -0.25) is 18.1 Å². The van der Waals surface area contributed by atoms with Gasteiger partial charge in [0.2, 0.25) is 11.2 Å². The zero-order chi connectivity index (χ0) is 63.2. The van der Waals surface area contributed by atoms with Crippen molar-refractivity contribution < 1.29 is 75.3 Å². The van der Waals surface area contributed by atoms with Crippen molar-refractivity contribution >= 4 is 49.9 Å². The second-order valence-corrected chi connectivity index (χ2v) is 25.8. The molecule has 0 radical (unpaired) electrons. The highest BCUT2D eigenvalue weighted by Crippen LogP contribution is 2.54. The normalized spacial score (nSPS) is 24.3. The Balaban J connectivity index is 0.000000258. The quantitative estimate of drug-likeness (QED) is 0.0181. The summed E-state index contributed by atoms with van der Waals surface area (Å²) in [5.74, 6) is -0.550. The fourth-order valence-electron chi connectivity index (χ4n) is 10.8. The summed E-state index contributed by atoms with van der Waals surface area (Å²) in [6.07, 6.45) is 17.0. The molecule has 0 spiro atoms. The molecule has 0 bridgehead atoms. The molecule has 3 saturated heterocycles. The van der Waals surface area contributed by atoms with E-state index in [1.165, 1.54) is 118 Å². The molecular weight excluding hydrogens is 1200 g/mol. The molecule has 7 N–H and O–H groups in total. The molecule has 0 saturated carbocycles. The average Bonchev–Trinajstić information content (AvgIpc) is 1.61. The number of benzene rings is 1. The maximum Gasteiger partial charge on any atom is 0.530 e. The Hall–Kier alpha value is -4.93. The molecule has 8 rings (SSSR count). The number of hydrogen-bond acceptors (Lipinski definition) is 23.